The molecular weight excluding hydrogens is 202 g/mol. The van der Waals surface area contributed by atoms with Gasteiger partial charge in [-0.25, -0.2) is 4.79 Å². The van der Waals surface area contributed by atoms with Gasteiger partial charge >= 0.3 is 5.97 Å². The predicted octanol–water partition coefficient (Wildman–Crippen LogP) is 0.753. The molecule has 5 heteroatoms. The Hall–Kier alpha value is -0.970. The van der Waals surface area contributed by atoms with Crippen LogP contribution in [0.25, 0.3) is 0 Å². The van der Waals surface area contributed by atoms with E-state index in [9.17, 15) is 9.59 Å². The van der Waals surface area contributed by atoms with E-state index in [2.05, 4.69) is 12.6 Å². The molecule has 1 amide bonds. The lowest BCUT2D eigenvalue weighted by atomic mass is 10.2. The first-order valence-electron chi connectivity index (χ1n) is 4.43. The van der Waals surface area contributed by atoms with Crippen LogP contribution in [-0.4, -0.2) is 34.2 Å². The number of hydrogen-bond acceptors (Lipinski definition) is 3. The van der Waals surface area contributed by atoms with Gasteiger partial charge in [0.25, 0.3) is 0 Å². The lowest BCUT2D eigenvalue weighted by Crippen LogP contribution is -2.35. The molecule has 0 aromatic heterocycles. The van der Waals surface area contributed by atoms with Crippen LogP contribution in [0.1, 0.15) is 13.3 Å². The SMILES string of the molecule is C[C@H](CS)C(=O)N1CCC=C1C(=O)O. The Morgan fingerprint density at radius 3 is 2.86 bits per heavy atom. The molecule has 0 aromatic rings. The molecule has 4 nitrogen and oxygen atoms in total. The number of nitrogens with zero attached hydrogens (tertiary/aromatic N) is 1. The molecule has 1 heterocycles. The zero-order chi connectivity index (χ0) is 10.7. The summed E-state index contributed by atoms with van der Waals surface area (Å²) in [5.74, 6) is -1.00. The molecule has 14 heavy (non-hydrogen) atoms. The number of carbonyl (C=O) groups excluding carboxylic acids is 1. The van der Waals surface area contributed by atoms with Crippen LogP contribution in [0.4, 0.5) is 0 Å². The molecule has 1 atom stereocenters. The van der Waals surface area contributed by atoms with Gasteiger partial charge in [-0.2, -0.15) is 12.6 Å². The van der Waals surface area contributed by atoms with Crippen LogP contribution in [0, 0.1) is 5.92 Å². The maximum absolute atomic E-state index is 11.7. The molecule has 0 saturated heterocycles. The fourth-order valence-electron chi connectivity index (χ4n) is 1.34. The Kier molecular flexibility index (Phi) is 3.57. The highest BCUT2D eigenvalue weighted by atomic mass is 32.1. The number of carbonyl (C=O) groups is 2. The average molecular weight is 215 g/mol. The summed E-state index contributed by atoms with van der Waals surface area (Å²) >= 11 is 4.01. The van der Waals surface area contributed by atoms with Crippen LogP contribution in [0.2, 0.25) is 0 Å². The van der Waals surface area contributed by atoms with Crippen molar-refractivity contribution in [2.24, 2.45) is 5.92 Å². The second-order valence-corrected chi connectivity index (χ2v) is 3.62. The van der Waals surface area contributed by atoms with Crippen LogP contribution in [-0.2, 0) is 9.59 Å². The van der Waals surface area contributed by atoms with Crippen molar-refractivity contribution in [1.82, 2.24) is 4.90 Å². The van der Waals surface area contributed by atoms with E-state index in [4.69, 9.17) is 5.11 Å². The zero-order valence-electron chi connectivity index (χ0n) is 7.93. The van der Waals surface area contributed by atoms with E-state index in [1.54, 1.807) is 13.0 Å². The van der Waals surface area contributed by atoms with E-state index < -0.39 is 5.97 Å². The summed E-state index contributed by atoms with van der Waals surface area (Å²) in [6.07, 6.45) is 2.19. The van der Waals surface area contributed by atoms with E-state index >= 15 is 0 Å². The van der Waals surface area contributed by atoms with Crippen molar-refractivity contribution in [2.75, 3.05) is 12.3 Å². The molecule has 1 aliphatic rings. The molecule has 1 rings (SSSR count). The molecule has 0 bridgehead atoms. The first-order valence-corrected chi connectivity index (χ1v) is 5.07. The molecule has 0 spiro atoms. The number of carboxylic acids is 1. The third-order valence-corrected chi connectivity index (χ3v) is 2.71. The van der Waals surface area contributed by atoms with Crippen molar-refractivity contribution in [1.29, 1.82) is 0 Å². The van der Waals surface area contributed by atoms with Crippen molar-refractivity contribution in [3.63, 3.8) is 0 Å². The Balaban J connectivity index is 2.75. The van der Waals surface area contributed by atoms with Crippen molar-refractivity contribution in [2.45, 2.75) is 13.3 Å². The molecule has 0 radical (unpaired) electrons. The lowest BCUT2D eigenvalue weighted by Gasteiger charge is -2.20. The van der Waals surface area contributed by atoms with Gasteiger partial charge in [0.15, 0.2) is 0 Å². The maximum Gasteiger partial charge on any atom is 0.352 e. The minimum atomic E-state index is -1.04. The molecule has 0 fully saturated rings. The smallest absolute Gasteiger partial charge is 0.352 e. The minimum Gasteiger partial charge on any atom is -0.477 e. The summed E-state index contributed by atoms with van der Waals surface area (Å²) in [5.41, 5.74) is 0.101. The van der Waals surface area contributed by atoms with Crippen molar-refractivity contribution in [3.05, 3.63) is 11.8 Å². The van der Waals surface area contributed by atoms with E-state index in [0.717, 1.165) is 0 Å². The van der Waals surface area contributed by atoms with Gasteiger partial charge in [-0.3, -0.25) is 4.79 Å². The predicted molar refractivity (Wildman–Crippen MR) is 55.1 cm³/mol. The third-order valence-electron chi connectivity index (χ3n) is 2.16. The van der Waals surface area contributed by atoms with Gasteiger partial charge in [0, 0.05) is 18.2 Å². The van der Waals surface area contributed by atoms with Crippen molar-refractivity contribution < 1.29 is 14.7 Å². The Morgan fingerprint density at radius 1 is 1.71 bits per heavy atom. The fraction of sp³-hybridized carbons (Fsp3) is 0.556. The van der Waals surface area contributed by atoms with Gasteiger partial charge in [-0.1, -0.05) is 13.0 Å². The van der Waals surface area contributed by atoms with Crippen LogP contribution >= 0.6 is 12.6 Å². The number of thiol groups is 1. The number of hydrogen-bond donors (Lipinski definition) is 2. The topological polar surface area (TPSA) is 57.6 Å². The number of carboxylic acid groups (broad SMARTS) is 1. The Morgan fingerprint density at radius 2 is 2.36 bits per heavy atom. The normalized spacial score (nSPS) is 17.9. The highest BCUT2D eigenvalue weighted by Crippen LogP contribution is 2.18. The van der Waals surface area contributed by atoms with Gasteiger partial charge in [0.2, 0.25) is 5.91 Å². The Labute approximate surface area is 88.0 Å². The second kappa shape index (κ2) is 4.50. The molecule has 1 N–H and O–H groups in total. The molecule has 1 aliphatic heterocycles. The van der Waals surface area contributed by atoms with Gasteiger partial charge < -0.3 is 10.0 Å². The Bertz CT molecular complexity index is 288. The third kappa shape index (κ3) is 2.09. The molecular formula is C9H13NO3S. The van der Waals surface area contributed by atoms with Gasteiger partial charge in [-0.05, 0) is 6.42 Å². The summed E-state index contributed by atoms with van der Waals surface area (Å²) in [6.45, 7) is 2.21. The molecule has 0 unspecified atom stereocenters. The summed E-state index contributed by atoms with van der Waals surface area (Å²) in [6, 6.07) is 0. The molecule has 0 saturated carbocycles. The van der Waals surface area contributed by atoms with E-state index in [0.29, 0.717) is 18.7 Å². The first-order chi connectivity index (χ1) is 6.57. The summed E-state index contributed by atoms with van der Waals surface area (Å²) in [5, 5.41) is 8.81. The zero-order valence-corrected chi connectivity index (χ0v) is 8.83. The average Bonchev–Trinajstić information content (AvgIpc) is 2.63. The van der Waals surface area contributed by atoms with E-state index in [1.165, 1.54) is 4.90 Å². The van der Waals surface area contributed by atoms with Crippen LogP contribution in [0.5, 0.6) is 0 Å². The number of amides is 1. The maximum atomic E-state index is 11.7. The molecule has 0 aliphatic carbocycles. The fourth-order valence-corrected chi connectivity index (χ4v) is 1.49. The summed E-state index contributed by atoms with van der Waals surface area (Å²) in [4.78, 5) is 23.7. The van der Waals surface area contributed by atoms with E-state index in [-0.39, 0.29) is 17.5 Å². The van der Waals surface area contributed by atoms with Crippen molar-refractivity contribution in [3.8, 4) is 0 Å². The van der Waals surface area contributed by atoms with Crippen LogP contribution < -0.4 is 0 Å². The number of aliphatic carboxylic acids is 1. The first kappa shape index (κ1) is 11.1. The standard InChI is InChI=1S/C9H13NO3S/c1-6(5-14)8(11)10-4-2-3-7(10)9(12)13/h3,6,14H,2,4-5H2,1H3,(H,12,13)/t6-/m1/s1. The monoisotopic (exact) mass is 215 g/mol. The molecule has 0 aromatic carbocycles. The highest BCUT2D eigenvalue weighted by Gasteiger charge is 2.28. The summed E-state index contributed by atoms with van der Waals surface area (Å²) in [7, 11) is 0. The van der Waals surface area contributed by atoms with Crippen molar-refractivity contribution >= 4 is 24.5 Å². The van der Waals surface area contributed by atoms with Gasteiger partial charge in [-0.15, -0.1) is 0 Å². The lowest BCUT2D eigenvalue weighted by molar-refractivity contribution is -0.140. The van der Waals surface area contributed by atoms with Crippen LogP contribution in [0.15, 0.2) is 11.8 Å². The molecule has 78 valence electrons. The minimum absolute atomic E-state index is 0.101. The van der Waals surface area contributed by atoms with Crippen LogP contribution in [0.3, 0.4) is 0 Å². The summed E-state index contributed by atoms with van der Waals surface area (Å²) < 4.78 is 0. The second-order valence-electron chi connectivity index (χ2n) is 3.26. The quantitative estimate of drug-likeness (QED) is 0.683. The van der Waals surface area contributed by atoms with E-state index in [1.807, 2.05) is 0 Å². The number of rotatable bonds is 3. The van der Waals surface area contributed by atoms with Gasteiger partial charge in [0.1, 0.15) is 5.70 Å². The largest absolute Gasteiger partial charge is 0.477 e. The van der Waals surface area contributed by atoms with Gasteiger partial charge in [0.05, 0.1) is 0 Å². The highest BCUT2D eigenvalue weighted by molar-refractivity contribution is 7.80.